The van der Waals surface area contributed by atoms with Crippen LogP contribution < -0.4 is 0 Å². The lowest BCUT2D eigenvalue weighted by Gasteiger charge is -2.27. The molecule has 0 aliphatic heterocycles. The van der Waals surface area contributed by atoms with Crippen molar-refractivity contribution in [1.29, 1.82) is 0 Å². The highest BCUT2D eigenvalue weighted by atomic mass is 16.5. The second kappa shape index (κ2) is 8.03. The summed E-state index contributed by atoms with van der Waals surface area (Å²) in [5.41, 5.74) is 0. The van der Waals surface area contributed by atoms with E-state index in [-0.39, 0.29) is 6.10 Å². The first kappa shape index (κ1) is 14.9. The highest BCUT2D eigenvalue weighted by Crippen LogP contribution is 2.24. The monoisotopic (exact) mass is 245 g/mol. The number of aliphatic hydroxyl groups is 2. The summed E-state index contributed by atoms with van der Waals surface area (Å²) in [5.74, 6) is 0.359. The van der Waals surface area contributed by atoms with Crippen LogP contribution in [0.25, 0.3) is 0 Å². The summed E-state index contributed by atoms with van der Waals surface area (Å²) < 4.78 is 4.91. The predicted octanol–water partition coefficient (Wildman–Crippen LogP) is 0.867. The quantitative estimate of drug-likeness (QED) is 0.682. The smallest absolute Gasteiger partial charge is 0.0899 e. The number of nitrogens with zero attached hydrogens (tertiary/aromatic N) is 1. The van der Waals surface area contributed by atoms with E-state index in [1.807, 2.05) is 7.05 Å². The molecule has 1 rings (SSSR count). The molecule has 102 valence electrons. The minimum absolute atomic E-state index is 0.167. The van der Waals surface area contributed by atoms with Crippen molar-refractivity contribution in [3.63, 3.8) is 0 Å². The van der Waals surface area contributed by atoms with Crippen LogP contribution in [-0.4, -0.2) is 61.2 Å². The maximum atomic E-state index is 10.0. The first-order chi connectivity index (χ1) is 8.13. The third kappa shape index (κ3) is 5.82. The first-order valence-electron chi connectivity index (χ1n) is 6.67. The fraction of sp³-hybridized carbons (Fsp3) is 1.00. The van der Waals surface area contributed by atoms with Crippen LogP contribution in [-0.2, 0) is 4.74 Å². The van der Waals surface area contributed by atoms with E-state index in [9.17, 15) is 10.2 Å². The van der Waals surface area contributed by atoms with E-state index in [1.54, 1.807) is 7.11 Å². The lowest BCUT2D eigenvalue weighted by atomic mass is 9.97. The van der Waals surface area contributed by atoms with Crippen LogP contribution >= 0.6 is 0 Å². The third-order valence-corrected chi connectivity index (χ3v) is 3.55. The zero-order valence-corrected chi connectivity index (χ0v) is 11.1. The van der Waals surface area contributed by atoms with Gasteiger partial charge in [-0.05, 0) is 25.8 Å². The molecule has 4 nitrogen and oxygen atoms in total. The van der Waals surface area contributed by atoms with Gasteiger partial charge in [-0.1, -0.05) is 19.3 Å². The highest BCUT2D eigenvalue weighted by Gasteiger charge is 2.23. The Morgan fingerprint density at radius 1 is 1.29 bits per heavy atom. The summed E-state index contributed by atoms with van der Waals surface area (Å²) in [4.78, 5) is 2.10. The molecule has 0 spiro atoms. The highest BCUT2D eigenvalue weighted by molar-refractivity contribution is 4.76. The Morgan fingerprint density at radius 3 is 2.71 bits per heavy atom. The topological polar surface area (TPSA) is 52.9 Å². The van der Waals surface area contributed by atoms with Gasteiger partial charge in [-0.15, -0.1) is 0 Å². The average Bonchev–Trinajstić information content (AvgIpc) is 2.44. The molecule has 17 heavy (non-hydrogen) atoms. The van der Waals surface area contributed by atoms with Crippen LogP contribution in [0.3, 0.4) is 0 Å². The second-order valence-corrected chi connectivity index (χ2v) is 5.30. The van der Waals surface area contributed by atoms with Gasteiger partial charge >= 0.3 is 0 Å². The third-order valence-electron chi connectivity index (χ3n) is 3.55. The number of aliphatic hydroxyl groups excluding tert-OH is 2. The summed E-state index contributed by atoms with van der Waals surface area (Å²) in [6.07, 6.45) is 5.03. The van der Waals surface area contributed by atoms with E-state index in [1.165, 1.54) is 12.8 Å². The van der Waals surface area contributed by atoms with Gasteiger partial charge in [0.15, 0.2) is 0 Å². The zero-order valence-electron chi connectivity index (χ0n) is 11.1. The first-order valence-corrected chi connectivity index (χ1v) is 6.67. The normalized spacial score (nSPS) is 28.1. The van der Waals surface area contributed by atoms with Crippen molar-refractivity contribution in [1.82, 2.24) is 4.90 Å². The van der Waals surface area contributed by atoms with E-state index in [2.05, 4.69) is 4.90 Å². The average molecular weight is 245 g/mol. The lowest BCUT2D eigenvalue weighted by Crippen LogP contribution is -2.38. The van der Waals surface area contributed by atoms with Gasteiger partial charge < -0.3 is 19.8 Å². The van der Waals surface area contributed by atoms with Crippen LogP contribution in [0.2, 0.25) is 0 Å². The van der Waals surface area contributed by atoms with Gasteiger partial charge in [-0.3, -0.25) is 0 Å². The Labute approximate surface area is 105 Å². The number of rotatable bonds is 6. The van der Waals surface area contributed by atoms with E-state index in [4.69, 9.17) is 4.74 Å². The van der Waals surface area contributed by atoms with Crippen molar-refractivity contribution >= 4 is 0 Å². The Hall–Kier alpha value is -0.160. The Kier molecular flexibility index (Phi) is 7.04. The molecule has 0 aromatic rings. The van der Waals surface area contributed by atoms with Gasteiger partial charge in [0.05, 0.1) is 18.8 Å². The SMILES string of the molecule is COCC(O)CN(C)CC1CCCCCC1O. The van der Waals surface area contributed by atoms with E-state index < -0.39 is 6.10 Å². The molecule has 3 unspecified atom stereocenters. The van der Waals surface area contributed by atoms with E-state index in [0.29, 0.717) is 19.1 Å². The molecule has 4 heteroatoms. The van der Waals surface area contributed by atoms with Crippen molar-refractivity contribution in [2.75, 3.05) is 33.9 Å². The van der Waals surface area contributed by atoms with Gasteiger partial charge in [-0.2, -0.15) is 0 Å². The summed E-state index contributed by atoms with van der Waals surface area (Å²) in [7, 11) is 3.59. The predicted molar refractivity (Wildman–Crippen MR) is 68.0 cm³/mol. The molecule has 1 aliphatic rings. The minimum Gasteiger partial charge on any atom is -0.393 e. The molecule has 1 saturated carbocycles. The van der Waals surface area contributed by atoms with Gasteiger partial charge in [0.1, 0.15) is 0 Å². The molecule has 1 fully saturated rings. The fourth-order valence-corrected chi connectivity index (χ4v) is 2.66. The van der Waals surface area contributed by atoms with Gasteiger partial charge in [0.25, 0.3) is 0 Å². The van der Waals surface area contributed by atoms with E-state index in [0.717, 1.165) is 25.8 Å². The number of hydrogen-bond acceptors (Lipinski definition) is 4. The number of likely N-dealkylation sites (N-methyl/N-ethyl adjacent to an activating group) is 1. The number of methoxy groups -OCH3 is 1. The lowest BCUT2D eigenvalue weighted by molar-refractivity contribution is 0.0283. The molecule has 0 bridgehead atoms. The van der Waals surface area contributed by atoms with Crippen molar-refractivity contribution < 1.29 is 14.9 Å². The molecule has 0 radical (unpaired) electrons. The van der Waals surface area contributed by atoms with Crippen LogP contribution in [0.15, 0.2) is 0 Å². The Bertz CT molecular complexity index is 201. The molecule has 0 aromatic heterocycles. The maximum absolute atomic E-state index is 10.0. The molecular weight excluding hydrogens is 218 g/mol. The molecule has 0 heterocycles. The van der Waals surface area contributed by atoms with Crippen LogP contribution in [0.5, 0.6) is 0 Å². The molecule has 1 aliphatic carbocycles. The van der Waals surface area contributed by atoms with Crippen LogP contribution in [0.1, 0.15) is 32.1 Å². The van der Waals surface area contributed by atoms with Crippen LogP contribution in [0, 0.1) is 5.92 Å². The molecule has 0 aromatic carbocycles. The van der Waals surface area contributed by atoms with Crippen molar-refractivity contribution in [2.24, 2.45) is 5.92 Å². The zero-order chi connectivity index (χ0) is 12.7. The summed E-state index contributed by atoms with van der Waals surface area (Å²) in [5, 5.41) is 19.7. The van der Waals surface area contributed by atoms with Crippen molar-refractivity contribution in [3.05, 3.63) is 0 Å². The van der Waals surface area contributed by atoms with Gasteiger partial charge in [0, 0.05) is 20.2 Å². The van der Waals surface area contributed by atoms with Gasteiger partial charge in [0.2, 0.25) is 0 Å². The summed E-state index contributed by atoms with van der Waals surface area (Å²) in [6.45, 7) is 1.84. The van der Waals surface area contributed by atoms with Gasteiger partial charge in [-0.25, -0.2) is 0 Å². The molecule has 2 N–H and O–H groups in total. The second-order valence-electron chi connectivity index (χ2n) is 5.30. The van der Waals surface area contributed by atoms with Crippen molar-refractivity contribution in [2.45, 2.75) is 44.3 Å². The van der Waals surface area contributed by atoms with Crippen molar-refractivity contribution in [3.8, 4) is 0 Å². The minimum atomic E-state index is -0.437. The molecule has 3 atom stereocenters. The Morgan fingerprint density at radius 2 is 2.00 bits per heavy atom. The number of ether oxygens (including phenoxy) is 1. The standard InChI is InChI=1S/C13H27NO3/c1-14(9-12(15)10-17-2)8-11-6-4-3-5-7-13(11)16/h11-13,15-16H,3-10H2,1-2H3. The number of hydrogen-bond donors (Lipinski definition) is 2. The van der Waals surface area contributed by atoms with Crippen LogP contribution in [0.4, 0.5) is 0 Å². The largest absolute Gasteiger partial charge is 0.393 e. The summed E-state index contributed by atoms with van der Waals surface area (Å²) in [6, 6.07) is 0. The molecule has 0 amide bonds. The fourth-order valence-electron chi connectivity index (χ4n) is 2.66. The summed E-state index contributed by atoms with van der Waals surface area (Å²) >= 11 is 0. The molecule has 0 saturated heterocycles. The Balaban J connectivity index is 2.30. The molecular formula is C13H27NO3. The maximum Gasteiger partial charge on any atom is 0.0899 e. The van der Waals surface area contributed by atoms with E-state index >= 15 is 0 Å².